The van der Waals surface area contributed by atoms with E-state index in [1.54, 1.807) is 35.7 Å². The van der Waals surface area contributed by atoms with Gasteiger partial charge in [0.05, 0.1) is 0 Å². The minimum absolute atomic E-state index is 0.125. The molecule has 1 atom stereocenters. The zero-order valence-electron chi connectivity index (χ0n) is 15.7. The lowest BCUT2D eigenvalue weighted by molar-refractivity contribution is -0.117. The third-order valence-corrected chi connectivity index (χ3v) is 7.06. The molecule has 1 heterocycles. The minimum Gasteiger partial charge on any atom is -0.325 e. The molecule has 1 amide bonds. The van der Waals surface area contributed by atoms with Crippen molar-refractivity contribution in [3.05, 3.63) is 83.2 Å². The van der Waals surface area contributed by atoms with E-state index in [-0.39, 0.29) is 16.4 Å². The molecule has 3 rings (SSSR count). The van der Waals surface area contributed by atoms with Gasteiger partial charge in [0.25, 0.3) is 10.0 Å². The molecule has 0 saturated carbocycles. The fraction of sp³-hybridized carbons (Fsp3) is 0.143. The summed E-state index contributed by atoms with van der Waals surface area (Å²) in [5.41, 5.74) is 1.71. The second-order valence-corrected chi connectivity index (χ2v) is 9.31. The van der Waals surface area contributed by atoms with Crippen molar-refractivity contribution in [2.75, 3.05) is 5.32 Å². The second-order valence-electron chi connectivity index (χ2n) is 6.42. The number of hydrogen-bond donors (Lipinski definition) is 2. The summed E-state index contributed by atoms with van der Waals surface area (Å²) < 4.78 is 28.0. The lowest BCUT2D eigenvalue weighted by atomic mass is 10.1. The van der Waals surface area contributed by atoms with Gasteiger partial charge in [-0.05, 0) is 42.5 Å². The van der Waals surface area contributed by atoms with E-state index in [9.17, 15) is 18.0 Å². The summed E-state index contributed by atoms with van der Waals surface area (Å²) in [7, 11) is -3.84. The van der Waals surface area contributed by atoms with E-state index in [2.05, 4.69) is 10.0 Å². The van der Waals surface area contributed by atoms with Crippen LogP contribution in [0.3, 0.4) is 0 Å². The number of hydrogen-bond acceptors (Lipinski definition) is 5. The van der Waals surface area contributed by atoms with Crippen LogP contribution in [0.5, 0.6) is 0 Å². The van der Waals surface area contributed by atoms with Crippen LogP contribution < -0.4 is 10.0 Å². The molecular weight excluding hydrogens is 408 g/mol. The first-order chi connectivity index (χ1) is 13.8. The molecule has 0 unspecified atom stereocenters. The van der Waals surface area contributed by atoms with Crippen molar-refractivity contribution in [1.82, 2.24) is 4.72 Å². The molecule has 0 bridgehead atoms. The number of ketones is 1. The Balaban J connectivity index is 1.84. The molecular formula is C21H20N2O4S2. The Labute approximate surface area is 173 Å². The van der Waals surface area contributed by atoms with Gasteiger partial charge in [-0.15, -0.1) is 11.3 Å². The monoisotopic (exact) mass is 428 g/mol. The number of amides is 1. The number of anilines is 1. The Bertz CT molecular complexity index is 1090. The quantitative estimate of drug-likeness (QED) is 0.537. The fourth-order valence-corrected chi connectivity index (χ4v) is 4.95. The van der Waals surface area contributed by atoms with Crippen LogP contribution in [0, 0.1) is 0 Å². The van der Waals surface area contributed by atoms with Gasteiger partial charge < -0.3 is 5.32 Å². The van der Waals surface area contributed by atoms with E-state index in [0.717, 1.165) is 16.9 Å². The van der Waals surface area contributed by atoms with E-state index in [4.69, 9.17) is 0 Å². The number of carbonyl (C=O) groups is 2. The molecule has 0 aliphatic rings. The van der Waals surface area contributed by atoms with Gasteiger partial charge in [-0.2, -0.15) is 4.72 Å². The van der Waals surface area contributed by atoms with Crippen molar-refractivity contribution in [2.45, 2.75) is 23.6 Å². The highest BCUT2D eigenvalue weighted by Crippen LogP contribution is 2.18. The third-order valence-electron chi connectivity index (χ3n) is 4.19. The summed E-state index contributed by atoms with van der Waals surface area (Å²) in [5.74, 6) is -0.630. The van der Waals surface area contributed by atoms with Gasteiger partial charge in [0.1, 0.15) is 10.3 Å². The molecule has 8 heteroatoms. The molecule has 0 spiro atoms. The maximum atomic E-state index is 12.9. The van der Waals surface area contributed by atoms with Gasteiger partial charge >= 0.3 is 0 Å². The Kier molecular flexibility index (Phi) is 6.58. The zero-order valence-corrected chi connectivity index (χ0v) is 17.3. The predicted molar refractivity (Wildman–Crippen MR) is 114 cm³/mol. The summed E-state index contributed by atoms with van der Waals surface area (Å²) in [6, 6.07) is 17.8. The van der Waals surface area contributed by atoms with Gasteiger partial charge in [-0.3, -0.25) is 9.59 Å². The van der Waals surface area contributed by atoms with Gasteiger partial charge in [0, 0.05) is 11.3 Å². The summed E-state index contributed by atoms with van der Waals surface area (Å²) in [4.78, 5) is 24.5. The van der Waals surface area contributed by atoms with E-state index in [0.29, 0.717) is 11.3 Å². The normalized spacial score (nSPS) is 12.3. The second kappa shape index (κ2) is 9.13. The number of nitrogens with one attached hydrogen (secondary N) is 2. The van der Waals surface area contributed by atoms with Crippen LogP contribution in [0.4, 0.5) is 5.69 Å². The van der Waals surface area contributed by atoms with Crippen LogP contribution >= 0.6 is 11.3 Å². The topological polar surface area (TPSA) is 92.3 Å². The first kappa shape index (κ1) is 20.9. The molecule has 0 aliphatic carbocycles. The SMILES string of the molecule is CC(=O)c1cccc(NC(=O)[C@@H](Cc2ccccc2)NS(=O)(=O)c2cccs2)c1. The maximum absolute atomic E-state index is 12.9. The van der Waals surface area contributed by atoms with Crippen LogP contribution in [-0.4, -0.2) is 26.2 Å². The lowest BCUT2D eigenvalue weighted by Gasteiger charge is -2.18. The van der Waals surface area contributed by atoms with Crippen LogP contribution in [0.2, 0.25) is 0 Å². The molecule has 2 N–H and O–H groups in total. The van der Waals surface area contributed by atoms with Crippen LogP contribution in [0.25, 0.3) is 0 Å². The average Bonchev–Trinajstić information content (AvgIpc) is 3.24. The minimum atomic E-state index is -3.84. The van der Waals surface area contributed by atoms with Crippen molar-refractivity contribution in [1.29, 1.82) is 0 Å². The molecule has 0 aliphatic heterocycles. The van der Waals surface area contributed by atoms with Gasteiger partial charge in [0.15, 0.2) is 5.78 Å². The fourth-order valence-electron chi connectivity index (χ4n) is 2.74. The summed E-state index contributed by atoms with van der Waals surface area (Å²) in [5, 5.41) is 4.37. The van der Waals surface area contributed by atoms with Crippen LogP contribution in [-0.2, 0) is 21.2 Å². The molecule has 0 saturated heterocycles. The van der Waals surface area contributed by atoms with Crippen LogP contribution in [0.1, 0.15) is 22.8 Å². The molecule has 150 valence electrons. The smallest absolute Gasteiger partial charge is 0.250 e. The van der Waals surface area contributed by atoms with E-state index in [1.807, 2.05) is 30.3 Å². The van der Waals surface area contributed by atoms with E-state index in [1.165, 1.54) is 13.0 Å². The highest BCUT2D eigenvalue weighted by atomic mass is 32.2. The maximum Gasteiger partial charge on any atom is 0.250 e. The molecule has 0 radical (unpaired) electrons. The summed E-state index contributed by atoms with van der Waals surface area (Å²) in [6.07, 6.45) is 0.184. The number of carbonyl (C=O) groups excluding carboxylic acids is 2. The number of Topliss-reactive ketones (excluding diaryl/α,β-unsaturated/α-hetero) is 1. The van der Waals surface area contributed by atoms with Gasteiger partial charge in [-0.25, -0.2) is 8.42 Å². The Morgan fingerprint density at radius 1 is 1.00 bits per heavy atom. The number of thiophene rings is 1. The molecule has 29 heavy (non-hydrogen) atoms. The van der Waals surface area contributed by atoms with Crippen molar-refractivity contribution in [3.63, 3.8) is 0 Å². The number of benzene rings is 2. The van der Waals surface area contributed by atoms with Crippen LogP contribution in [0.15, 0.2) is 76.3 Å². The summed E-state index contributed by atoms with van der Waals surface area (Å²) in [6.45, 7) is 1.44. The first-order valence-electron chi connectivity index (χ1n) is 8.87. The molecule has 3 aromatic rings. The highest BCUT2D eigenvalue weighted by Gasteiger charge is 2.27. The number of sulfonamides is 1. The van der Waals surface area contributed by atoms with Crippen molar-refractivity contribution >= 4 is 38.7 Å². The Hall–Kier alpha value is -2.81. The van der Waals surface area contributed by atoms with Crippen molar-refractivity contribution in [2.24, 2.45) is 0 Å². The van der Waals surface area contributed by atoms with Crippen molar-refractivity contribution < 1.29 is 18.0 Å². The molecule has 0 fully saturated rings. The first-order valence-corrected chi connectivity index (χ1v) is 11.2. The summed E-state index contributed by atoms with van der Waals surface area (Å²) >= 11 is 1.08. The van der Waals surface area contributed by atoms with E-state index < -0.39 is 22.0 Å². The van der Waals surface area contributed by atoms with Gasteiger partial charge in [0.2, 0.25) is 5.91 Å². The Morgan fingerprint density at radius 3 is 2.41 bits per heavy atom. The molecule has 6 nitrogen and oxygen atoms in total. The molecule has 1 aromatic heterocycles. The standard InChI is InChI=1S/C21H20N2O4S2/c1-15(24)17-9-5-10-18(14-17)22-21(25)19(13-16-7-3-2-4-8-16)23-29(26,27)20-11-6-12-28-20/h2-12,14,19,23H,13H2,1H3,(H,22,25)/t19-/m1/s1. The zero-order chi connectivity index (χ0) is 20.9. The third kappa shape index (κ3) is 5.60. The van der Waals surface area contributed by atoms with E-state index >= 15 is 0 Å². The van der Waals surface area contributed by atoms with Crippen molar-refractivity contribution in [3.8, 4) is 0 Å². The average molecular weight is 429 g/mol. The molecule has 2 aromatic carbocycles. The lowest BCUT2D eigenvalue weighted by Crippen LogP contribution is -2.45. The predicted octanol–water partition coefficient (Wildman–Crippen LogP) is 3.48. The number of rotatable bonds is 8. The Morgan fingerprint density at radius 2 is 1.76 bits per heavy atom. The largest absolute Gasteiger partial charge is 0.325 e. The highest BCUT2D eigenvalue weighted by molar-refractivity contribution is 7.91. The van der Waals surface area contributed by atoms with Gasteiger partial charge in [-0.1, -0.05) is 48.5 Å².